The van der Waals surface area contributed by atoms with Crippen LogP contribution in [0, 0.1) is 0 Å². The van der Waals surface area contributed by atoms with Crippen LogP contribution in [0.5, 0.6) is 5.88 Å². The van der Waals surface area contributed by atoms with Gasteiger partial charge in [0.05, 0.1) is 0 Å². The number of hydrogen-bond donors (Lipinski definition) is 0. The van der Waals surface area contributed by atoms with E-state index < -0.39 is 18.8 Å². The molecular formula is C21H17NOSSn. The van der Waals surface area contributed by atoms with Crippen LogP contribution in [0.25, 0.3) is 0 Å². The number of aromatic nitrogens is 1. The molecule has 25 heavy (non-hydrogen) atoms. The fourth-order valence-electron chi connectivity index (χ4n) is 3.11. The van der Waals surface area contributed by atoms with Crippen molar-refractivity contribution in [1.29, 1.82) is 0 Å². The Balaban J connectivity index is 2.01. The van der Waals surface area contributed by atoms with E-state index in [1.165, 1.54) is 22.3 Å². The van der Waals surface area contributed by atoms with Crippen LogP contribution in [0.15, 0.2) is 102 Å². The zero-order chi connectivity index (χ0) is 17.0. The van der Waals surface area contributed by atoms with E-state index in [0.29, 0.717) is 0 Å². The summed E-state index contributed by atoms with van der Waals surface area (Å²) in [5.41, 5.74) is 0. The molecule has 3 aromatic carbocycles. The molecule has 0 fully saturated rings. The molecule has 0 unspecified atom stereocenters. The summed E-state index contributed by atoms with van der Waals surface area (Å²) in [6, 6.07) is 33.9. The third-order valence-corrected chi connectivity index (χ3v) is 16.0. The van der Waals surface area contributed by atoms with E-state index in [-0.39, 0.29) is 0 Å². The normalized spacial score (nSPS) is 11.2. The van der Waals surface area contributed by atoms with E-state index in [1.807, 2.05) is 11.4 Å². The third kappa shape index (κ3) is 3.22. The van der Waals surface area contributed by atoms with E-state index in [4.69, 9.17) is 3.07 Å². The molecule has 0 radical (unpaired) electrons. The van der Waals surface area contributed by atoms with Gasteiger partial charge in [-0.3, -0.25) is 0 Å². The maximum atomic E-state index is 6.81. The van der Waals surface area contributed by atoms with Crippen LogP contribution in [0.2, 0.25) is 0 Å². The Morgan fingerprint density at radius 1 is 0.600 bits per heavy atom. The Morgan fingerprint density at radius 3 is 1.40 bits per heavy atom. The number of benzene rings is 3. The predicted octanol–water partition coefficient (Wildman–Crippen LogP) is 3.19. The van der Waals surface area contributed by atoms with Gasteiger partial charge in [-0.05, 0) is 0 Å². The second kappa shape index (κ2) is 7.42. The van der Waals surface area contributed by atoms with Crippen LogP contribution in [0.4, 0.5) is 0 Å². The molecule has 0 amide bonds. The van der Waals surface area contributed by atoms with Crippen molar-refractivity contribution < 1.29 is 3.07 Å². The van der Waals surface area contributed by atoms with Crippen LogP contribution < -0.4 is 13.8 Å². The summed E-state index contributed by atoms with van der Waals surface area (Å²) in [5, 5.41) is 1.97. The average molecular weight is 450 g/mol. The molecule has 4 heteroatoms. The van der Waals surface area contributed by atoms with Crippen LogP contribution in [-0.2, 0) is 0 Å². The minimum atomic E-state index is -3.67. The first-order valence-corrected chi connectivity index (χ1v) is 14.4. The van der Waals surface area contributed by atoms with E-state index in [2.05, 4.69) is 95.4 Å². The minimum absolute atomic E-state index is 0.720. The van der Waals surface area contributed by atoms with E-state index in [1.54, 1.807) is 0 Å². The van der Waals surface area contributed by atoms with Crippen LogP contribution in [0.1, 0.15) is 0 Å². The molecule has 0 saturated carbocycles. The first kappa shape index (κ1) is 16.4. The molecule has 0 spiro atoms. The Hall–Kier alpha value is -2.11. The molecule has 122 valence electrons. The topological polar surface area (TPSA) is 22.1 Å². The van der Waals surface area contributed by atoms with Gasteiger partial charge in [-0.1, -0.05) is 0 Å². The summed E-state index contributed by atoms with van der Waals surface area (Å²) in [7, 11) is 0. The van der Waals surface area contributed by atoms with Gasteiger partial charge in [0.25, 0.3) is 0 Å². The summed E-state index contributed by atoms with van der Waals surface area (Å²) < 4.78 is 15.1. The van der Waals surface area contributed by atoms with Crippen molar-refractivity contribution in [3.63, 3.8) is 0 Å². The van der Waals surface area contributed by atoms with Crippen LogP contribution in [0.3, 0.4) is 0 Å². The second-order valence-electron chi connectivity index (χ2n) is 5.72. The molecule has 0 N–H and O–H groups in total. The Kier molecular flexibility index (Phi) is 4.85. The van der Waals surface area contributed by atoms with Crippen molar-refractivity contribution >= 4 is 41.1 Å². The Labute approximate surface area is 156 Å². The zero-order valence-corrected chi connectivity index (χ0v) is 17.2. The van der Waals surface area contributed by atoms with E-state index in [9.17, 15) is 0 Å². The number of nitrogens with zero attached hydrogens (tertiary/aromatic N) is 1. The summed E-state index contributed by atoms with van der Waals surface area (Å²) in [6.07, 6.45) is 0. The maximum absolute atomic E-state index is 6.81. The van der Waals surface area contributed by atoms with E-state index >= 15 is 0 Å². The Morgan fingerprint density at radius 2 is 1.04 bits per heavy atom. The van der Waals surface area contributed by atoms with Crippen molar-refractivity contribution in [1.82, 2.24) is 4.37 Å². The average Bonchev–Trinajstić information content (AvgIpc) is 3.21. The SMILES string of the molecule is c1cc[c]([Sn]([O]c2ccsn2)([c]2ccccc2)[c]2ccccc2)cc1. The first-order valence-electron chi connectivity index (χ1n) is 8.15. The van der Waals surface area contributed by atoms with E-state index in [0.717, 1.165) is 5.88 Å². The second-order valence-corrected chi connectivity index (χ2v) is 15.8. The molecule has 0 atom stereocenters. The Bertz CT molecular complexity index is 815. The van der Waals surface area contributed by atoms with Crippen LogP contribution in [-0.4, -0.2) is 23.2 Å². The zero-order valence-electron chi connectivity index (χ0n) is 13.6. The standard InChI is InChI=1S/3C6H5.C3H3NOS.Sn/c3*1-2-4-6-5-3-1;5-3-1-2-6-4-3;/h3*1-5H;1-2H,(H,4,5);/q;;;;+1/p-1. The molecule has 4 aromatic rings. The molecule has 0 aliphatic rings. The van der Waals surface area contributed by atoms with Gasteiger partial charge in [0.1, 0.15) is 0 Å². The van der Waals surface area contributed by atoms with Gasteiger partial charge in [0.15, 0.2) is 0 Å². The third-order valence-electron chi connectivity index (χ3n) is 4.21. The molecule has 2 nitrogen and oxygen atoms in total. The van der Waals surface area contributed by atoms with Gasteiger partial charge >= 0.3 is 157 Å². The molecule has 0 saturated heterocycles. The van der Waals surface area contributed by atoms with Crippen molar-refractivity contribution in [2.45, 2.75) is 0 Å². The van der Waals surface area contributed by atoms with Gasteiger partial charge in [-0.2, -0.15) is 0 Å². The molecule has 1 aromatic heterocycles. The number of hydrogen-bond acceptors (Lipinski definition) is 3. The molecular weight excluding hydrogens is 433 g/mol. The summed E-state index contributed by atoms with van der Waals surface area (Å²) in [4.78, 5) is 0. The van der Waals surface area contributed by atoms with Gasteiger partial charge in [-0.15, -0.1) is 0 Å². The van der Waals surface area contributed by atoms with Gasteiger partial charge in [-0.25, -0.2) is 0 Å². The predicted molar refractivity (Wildman–Crippen MR) is 107 cm³/mol. The summed E-state index contributed by atoms with van der Waals surface area (Å²) in [6.45, 7) is 0. The van der Waals surface area contributed by atoms with Gasteiger partial charge < -0.3 is 0 Å². The van der Waals surface area contributed by atoms with Crippen molar-refractivity contribution in [3.8, 4) is 5.88 Å². The molecule has 0 bridgehead atoms. The fourth-order valence-corrected chi connectivity index (χ4v) is 14.5. The molecule has 0 aliphatic heterocycles. The van der Waals surface area contributed by atoms with Gasteiger partial charge in [0, 0.05) is 0 Å². The van der Waals surface area contributed by atoms with Crippen LogP contribution >= 0.6 is 11.5 Å². The summed E-state index contributed by atoms with van der Waals surface area (Å²) >= 11 is -2.25. The molecule has 1 heterocycles. The first-order chi connectivity index (χ1) is 12.4. The van der Waals surface area contributed by atoms with Crippen molar-refractivity contribution in [3.05, 3.63) is 102 Å². The molecule has 0 aliphatic carbocycles. The fraction of sp³-hybridized carbons (Fsp3) is 0. The summed E-state index contributed by atoms with van der Waals surface area (Å²) in [5.74, 6) is 0.720. The molecule has 4 rings (SSSR count). The van der Waals surface area contributed by atoms with Crippen molar-refractivity contribution in [2.24, 2.45) is 0 Å². The number of rotatable bonds is 5. The van der Waals surface area contributed by atoms with Crippen molar-refractivity contribution in [2.75, 3.05) is 0 Å². The quantitative estimate of drug-likeness (QED) is 0.436. The monoisotopic (exact) mass is 451 g/mol. The van der Waals surface area contributed by atoms with Gasteiger partial charge in [0.2, 0.25) is 0 Å².